The molecular formula is C22H15N3O4. The molecule has 0 radical (unpaired) electrons. The summed E-state index contributed by atoms with van der Waals surface area (Å²) in [7, 11) is 1.26. The maximum Gasteiger partial charge on any atom is 0.356 e. The van der Waals surface area contributed by atoms with Crippen molar-refractivity contribution in [1.82, 2.24) is 15.0 Å². The molecule has 142 valence electrons. The molecule has 0 saturated heterocycles. The highest BCUT2D eigenvalue weighted by Gasteiger charge is 2.23. The molecular weight excluding hydrogens is 370 g/mol. The number of nitrogens with one attached hydrogen (secondary N) is 2. The van der Waals surface area contributed by atoms with Gasteiger partial charge in [-0.25, -0.2) is 9.78 Å². The lowest BCUT2D eigenvalue weighted by Crippen LogP contribution is -2.11. The third kappa shape index (κ3) is 2.55. The lowest BCUT2D eigenvalue weighted by Gasteiger charge is -2.05. The van der Waals surface area contributed by atoms with Crippen LogP contribution in [0.2, 0.25) is 0 Å². The van der Waals surface area contributed by atoms with Crippen molar-refractivity contribution in [3.63, 3.8) is 0 Å². The van der Waals surface area contributed by atoms with E-state index in [1.54, 1.807) is 30.5 Å². The predicted molar refractivity (Wildman–Crippen MR) is 108 cm³/mol. The van der Waals surface area contributed by atoms with Crippen LogP contribution in [-0.2, 0) is 4.74 Å². The number of phenolic OH excluding ortho intramolecular Hbond substituents is 1. The first-order valence-electron chi connectivity index (χ1n) is 8.91. The number of hydrogen-bond donors (Lipinski definition) is 3. The number of aromatic amines is 2. The Morgan fingerprint density at radius 2 is 1.83 bits per heavy atom. The highest BCUT2D eigenvalue weighted by Crippen LogP contribution is 2.32. The van der Waals surface area contributed by atoms with Gasteiger partial charge in [-0.15, -0.1) is 0 Å². The number of carbonyl (C=O) groups excluding carboxylic acids is 2. The normalized spacial score (nSPS) is 11.3. The number of para-hydroxylation sites is 1. The Labute approximate surface area is 163 Å². The van der Waals surface area contributed by atoms with Gasteiger partial charge in [0.2, 0.25) is 5.78 Å². The number of aromatic hydroxyl groups is 1. The quantitative estimate of drug-likeness (QED) is 0.322. The van der Waals surface area contributed by atoms with E-state index in [9.17, 15) is 14.7 Å². The summed E-state index contributed by atoms with van der Waals surface area (Å²) in [5, 5.41) is 11.9. The van der Waals surface area contributed by atoms with Gasteiger partial charge in [0.05, 0.1) is 12.6 Å². The van der Waals surface area contributed by atoms with E-state index in [1.807, 2.05) is 24.3 Å². The molecule has 7 nitrogen and oxygen atoms in total. The lowest BCUT2D eigenvalue weighted by atomic mass is 10.0. The SMILES string of the molecule is COC(=O)c1cc2c([nH]c3ccc(O)cc32)c(C(=O)c2c[nH]c3ccccc23)n1. The fraction of sp³-hybridized carbons (Fsp3) is 0.0455. The van der Waals surface area contributed by atoms with Crippen molar-refractivity contribution in [3.05, 3.63) is 71.7 Å². The number of hydrogen-bond acceptors (Lipinski definition) is 5. The largest absolute Gasteiger partial charge is 0.508 e. The van der Waals surface area contributed by atoms with E-state index in [2.05, 4.69) is 15.0 Å². The number of nitrogens with zero attached hydrogens (tertiary/aromatic N) is 1. The molecule has 5 aromatic rings. The molecule has 3 N–H and O–H groups in total. The maximum absolute atomic E-state index is 13.4. The van der Waals surface area contributed by atoms with Crippen LogP contribution in [0.5, 0.6) is 5.75 Å². The monoisotopic (exact) mass is 385 g/mol. The summed E-state index contributed by atoms with van der Waals surface area (Å²) >= 11 is 0. The average Bonchev–Trinajstić information content (AvgIpc) is 3.33. The first-order chi connectivity index (χ1) is 14.1. The number of esters is 1. The summed E-state index contributed by atoms with van der Waals surface area (Å²) in [5.74, 6) is -0.886. The number of fused-ring (bicyclic) bond motifs is 4. The van der Waals surface area contributed by atoms with Crippen LogP contribution in [0.3, 0.4) is 0 Å². The molecule has 29 heavy (non-hydrogen) atoms. The molecule has 3 aromatic heterocycles. The van der Waals surface area contributed by atoms with Gasteiger partial charge in [-0.3, -0.25) is 4.79 Å². The maximum atomic E-state index is 13.4. The minimum Gasteiger partial charge on any atom is -0.508 e. The number of ketones is 1. The first kappa shape index (κ1) is 17.0. The Bertz CT molecular complexity index is 1450. The summed E-state index contributed by atoms with van der Waals surface area (Å²) in [6.45, 7) is 0. The standard InChI is InChI=1S/C22H15N3O4/c1-29-22(28)18-9-14-13-8-11(26)6-7-17(13)24-19(14)20(25-18)21(27)15-10-23-16-5-3-2-4-12(15)16/h2-10,23-24,26H,1H3. The van der Waals surface area contributed by atoms with Gasteiger partial charge in [0.25, 0.3) is 0 Å². The molecule has 0 saturated carbocycles. The molecule has 0 amide bonds. The molecule has 5 rings (SSSR count). The highest BCUT2D eigenvalue weighted by atomic mass is 16.5. The number of benzene rings is 2. The molecule has 0 aliphatic heterocycles. The Balaban J connectivity index is 1.82. The van der Waals surface area contributed by atoms with Crippen molar-refractivity contribution in [2.24, 2.45) is 0 Å². The molecule has 0 spiro atoms. The Kier molecular flexibility index (Phi) is 3.64. The van der Waals surface area contributed by atoms with Crippen LogP contribution in [0.15, 0.2) is 54.7 Å². The summed E-state index contributed by atoms with van der Waals surface area (Å²) in [4.78, 5) is 36.2. The van der Waals surface area contributed by atoms with Crippen LogP contribution in [0.25, 0.3) is 32.7 Å². The minimum atomic E-state index is -0.644. The van der Waals surface area contributed by atoms with Crippen molar-refractivity contribution < 1.29 is 19.4 Å². The summed E-state index contributed by atoms with van der Waals surface area (Å²) in [6.07, 6.45) is 1.64. The fourth-order valence-electron chi connectivity index (χ4n) is 3.64. The zero-order valence-corrected chi connectivity index (χ0v) is 15.3. The second-order valence-electron chi connectivity index (χ2n) is 6.70. The van der Waals surface area contributed by atoms with Gasteiger partial charge in [0.15, 0.2) is 0 Å². The lowest BCUT2D eigenvalue weighted by molar-refractivity contribution is 0.0594. The van der Waals surface area contributed by atoms with Crippen LogP contribution in [0, 0.1) is 0 Å². The zero-order valence-electron chi connectivity index (χ0n) is 15.3. The third-order valence-corrected chi connectivity index (χ3v) is 5.02. The van der Waals surface area contributed by atoms with E-state index >= 15 is 0 Å². The number of rotatable bonds is 3. The molecule has 0 unspecified atom stereocenters. The molecule has 3 heterocycles. The number of methoxy groups -OCH3 is 1. The number of ether oxygens (including phenoxy) is 1. The Morgan fingerprint density at radius 1 is 1.00 bits per heavy atom. The summed E-state index contributed by atoms with van der Waals surface area (Å²) < 4.78 is 4.81. The van der Waals surface area contributed by atoms with E-state index < -0.39 is 5.97 Å². The topological polar surface area (TPSA) is 108 Å². The van der Waals surface area contributed by atoms with Crippen LogP contribution in [0.1, 0.15) is 26.5 Å². The predicted octanol–water partition coefficient (Wildman–Crippen LogP) is 3.92. The smallest absolute Gasteiger partial charge is 0.356 e. The number of phenols is 1. The van der Waals surface area contributed by atoms with Crippen molar-refractivity contribution in [3.8, 4) is 5.75 Å². The van der Waals surface area contributed by atoms with Crippen molar-refractivity contribution in [2.75, 3.05) is 7.11 Å². The molecule has 0 bridgehead atoms. The number of pyridine rings is 1. The second-order valence-corrected chi connectivity index (χ2v) is 6.70. The Hall–Kier alpha value is -4.13. The molecule has 0 fully saturated rings. The second kappa shape index (κ2) is 6.20. The van der Waals surface area contributed by atoms with E-state index in [-0.39, 0.29) is 22.9 Å². The molecule has 0 aliphatic rings. The van der Waals surface area contributed by atoms with Crippen molar-refractivity contribution in [2.45, 2.75) is 0 Å². The van der Waals surface area contributed by atoms with Crippen LogP contribution >= 0.6 is 0 Å². The molecule has 0 atom stereocenters. The zero-order chi connectivity index (χ0) is 20.1. The van der Waals surface area contributed by atoms with Gasteiger partial charge in [0.1, 0.15) is 17.1 Å². The molecule has 2 aromatic carbocycles. The molecule has 7 heteroatoms. The average molecular weight is 385 g/mol. The highest BCUT2D eigenvalue weighted by molar-refractivity contribution is 6.23. The number of aromatic nitrogens is 3. The van der Waals surface area contributed by atoms with Crippen LogP contribution in [0.4, 0.5) is 0 Å². The van der Waals surface area contributed by atoms with Gasteiger partial charge < -0.3 is 19.8 Å². The van der Waals surface area contributed by atoms with Crippen LogP contribution in [-0.4, -0.2) is 38.9 Å². The van der Waals surface area contributed by atoms with E-state index in [0.717, 1.165) is 16.4 Å². The van der Waals surface area contributed by atoms with Crippen LogP contribution < -0.4 is 0 Å². The van der Waals surface area contributed by atoms with Gasteiger partial charge in [-0.05, 0) is 30.3 Å². The van der Waals surface area contributed by atoms with Gasteiger partial charge in [-0.2, -0.15) is 0 Å². The Morgan fingerprint density at radius 3 is 2.66 bits per heavy atom. The first-order valence-corrected chi connectivity index (χ1v) is 8.91. The number of carbonyl (C=O) groups is 2. The van der Waals surface area contributed by atoms with E-state index in [0.29, 0.717) is 21.9 Å². The van der Waals surface area contributed by atoms with Gasteiger partial charge >= 0.3 is 5.97 Å². The van der Waals surface area contributed by atoms with Crippen molar-refractivity contribution in [1.29, 1.82) is 0 Å². The minimum absolute atomic E-state index is 0.0208. The third-order valence-electron chi connectivity index (χ3n) is 5.02. The summed E-state index contributed by atoms with van der Waals surface area (Å²) in [6, 6.07) is 13.9. The number of H-pyrrole nitrogens is 2. The molecule has 0 aliphatic carbocycles. The van der Waals surface area contributed by atoms with E-state index in [4.69, 9.17) is 4.74 Å². The van der Waals surface area contributed by atoms with E-state index in [1.165, 1.54) is 7.11 Å². The van der Waals surface area contributed by atoms with Gasteiger partial charge in [-0.1, -0.05) is 18.2 Å². The fourth-order valence-corrected chi connectivity index (χ4v) is 3.64. The van der Waals surface area contributed by atoms with Crippen molar-refractivity contribution >= 4 is 44.5 Å². The van der Waals surface area contributed by atoms with Gasteiger partial charge in [0, 0.05) is 39.0 Å². The summed E-state index contributed by atoms with van der Waals surface area (Å²) in [5.41, 5.74) is 2.63.